The molecular weight excluding hydrogens is 286 g/mol. The lowest BCUT2D eigenvalue weighted by atomic mass is 10.1. The van der Waals surface area contributed by atoms with Crippen LogP contribution in [0.1, 0.15) is 51.2 Å². The fraction of sp³-hybridized carbons (Fsp3) is 0.632. The molecule has 0 bridgehead atoms. The molecule has 2 atom stereocenters. The minimum atomic E-state index is -1.19. The summed E-state index contributed by atoms with van der Waals surface area (Å²) in [4.78, 5) is 4.94. The van der Waals surface area contributed by atoms with Gasteiger partial charge in [-0.2, -0.15) is 0 Å². The molecule has 1 aromatic carbocycles. The monoisotopic (exact) mass is 317 g/mol. The fourth-order valence-electron chi connectivity index (χ4n) is 4.33. The Morgan fingerprint density at radius 1 is 1.18 bits per heavy atom. The molecule has 2 rings (SSSR count). The number of aliphatic imine (C=N–C) groups is 1. The highest BCUT2D eigenvalue weighted by atomic mass is 28.3. The fourth-order valence-corrected chi connectivity index (χ4v) is 9.29. The zero-order valence-electron chi connectivity index (χ0n) is 14.6. The molecule has 3 heteroatoms. The van der Waals surface area contributed by atoms with Crippen LogP contribution in [-0.2, 0) is 0 Å². The lowest BCUT2D eigenvalue weighted by Gasteiger charge is -2.37. The van der Waals surface area contributed by atoms with Crippen LogP contribution in [0.3, 0.4) is 0 Å². The summed E-state index contributed by atoms with van der Waals surface area (Å²) >= 11 is 0. The summed E-state index contributed by atoms with van der Waals surface area (Å²) in [6, 6.07) is 10.5. The van der Waals surface area contributed by atoms with Gasteiger partial charge in [0.1, 0.15) is 5.75 Å². The van der Waals surface area contributed by atoms with Crippen molar-refractivity contribution in [3.05, 3.63) is 29.3 Å². The minimum Gasteiger partial charge on any atom is -0.507 e. The molecular formula is C19H31NOSi. The van der Waals surface area contributed by atoms with Gasteiger partial charge in [0.05, 0.1) is 14.1 Å². The number of aryl methyl sites for hydroxylation is 1. The van der Waals surface area contributed by atoms with Gasteiger partial charge in [0.15, 0.2) is 0 Å². The van der Waals surface area contributed by atoms with Crippen LogP contribution in [0.15, 0.2) is 23.2 Å². The van der Waals surface area contributed by atoms with Gasteiger partial charge in [0.2, 0.25) is 0 Å². The molecule has 1 aromatic rings. The van der Waals surface area contributed by atoms with Gasteiger partial charge in [0, 0.05) is 11.8 Å². The Bertz CT molecular complexity index is 514. The van der Waals surface area contributed by atoms with Crippen molar-refractivity contribution < 1.29 is 5.11 Å². The summed E-state index contributed by atoms with van der Waals surface area (Å²) < 4.78 is 0. The standard InChI is InChI=1S/C19H31NOSi/c1-5-22(6-2,7-3)18-13-9-12-17(18)20-14-16-11-8-10-15(4)19(16)21/h8,10-11,14,17-18,21H,5-7,9,12-13H2,1-4H3. The predicted molar refractivity (Wildman–Crippen MR) is 99.0 cm³/mol. The normalized spacial score (nSPS) is 22.5. The predicted octanol–water partition coefficient (Wildman–Crippen LogP) is 5.55. The van der Waals surface area contributed by atoms with E-state index in [4.69, 9.17) is 4.99 Å². The van der Waals surface area contributed by atoms with Crippen LogP contribution in [0.5, 0.6) is 5.75 Å². The van der Waals surface area contributed by atoms with E-state index in [1.165, 1.54) is 37.4 Å². The summed E-state index contributed by atoms with van der Waals surface area (Å²) in [5.74, 6) is 0.380. The minimum absolute atomic E-state index is 0.380. The largest absolute Gasteiger partial charge is 0.507 e. The molecule has 1 saturated carbocycles. The zero-order valence-corrected chi connectivity index (χ0v) is 15.6. The summed E-state index contributed by atoms with van der Waals surface area (Å²) in [5.41, 5.74) is 2.62. The average molecular weight is 318 g/mol. The Hall–Kier alpha value is -1.09. The molecule has 1 N–H and O–H groups in total. The van der Waals surface area contributed by atoms with Crippen molar-refractivity contribution in [2.24, 2.45) is 4.99 Å². The number of benzene rings is 1. The van der Waals surface area contributed by atoms with Gasteiger partial charge in [-0.15, -0.1) is 0 Å². The van der Waals surface area contributed by atoms with Crippen LogP contribution in [-0.4, -0.2) is 25.4 Å². The summed E-state index contributed by atoms with van der Waals surface area (Å²) in [7, 11) is -1.19. The van der Waals surface area contributed by atoms with Crippen molar-refractivity contribution in [2.75, 3.05) is 0 Å². The number of rotatable bonds is 6. The van der Waals surface area contributed by atoms with Gasteiger partial charge < -0.3 is 5.11 Å². The second-order valence-corrected chi connectivity index (χ2v) is 12.4. The van der Waals surface area contributed by atoms with Crippen molar-refractivity contribution in [1.82, 2.24) is 0 Å². The maximum atomic E-state index is 10.2. The maximum absolute atomic E-state index is 10.2. The molecule has 122 valence electrons. The Labute approximate surface area is 136 Å². The highest BCUT2D eigenvalue weighted by Crippen LogP contribution is 2.46. The first-order valence-electron chi connectivity index (χ1n) is 8.89. The smallest absolute Gasteiger partial charge is 0.127 e. The first-order chi connectivity index (χ1) is 10.6. The molecule has 0 radical (unpaired) electrons. The van der Waals surface area contributed by atoms with Crippen LogP contribution >= 0.6 is 0 Å². The molecule has 0 amide bonds. The molecule has 1 aliphatic rings. The van der Waals surface area contributed by atoms with Crippen LogP contribution in [0.2, 0.25) is 23.7 Å². The van der Waals surface area contributed by atoms with Crippen molar-refractivity contribution in [1.29, 1.82) is 0 Å². The molecule has 0 aromatic heterocycles. The number of hydrogen-bond acceptors (Lipinski definition) is 2. The van der Waals surface area contributed by atoms with Crippen molar-refractivity contribution in [3.63, 3.8) is 0 Å². The van der Waals surface area contributed by atoms with Gasteiger partial charge in [-0.25, -0.2) is 0 Å². The highest BCUT2D eigenvalue weighted by Gasteiger charge is 2.42. The quantitative estimate of drug-likeness (QED) is 0.541. The second-order valence-electron chi connectivity index (χ2n) is 6.82. The second kappa shape index (κ2) is 7.45. The van der Waals surface area contributed by atoms with E-state index in [-0.39, 0.29) is 0 Å². The van der Waals surface area contributed by atoms with E-state index in [1.807, 2.05) is 31.3 Å². The zero-order chi connectivity index (χ0) is 16.2. The van der Waals surface area contributed by atoms with E-state index in [2.05, 4.69) is 20.8 Å². The lowest BCUT2D eigenvalue weighted by molar-refractivity contribution is 0.470. The van der Waals surface area contributed by atoms with E-state index >= 15 is 0 Å². The van der Waals surface area contributed by atoms with Gasteiger partial charge >= 0.3 is 0 Å². The van der Waals surface area contributed by atoms with Crippen LogP contribution in [0, 0.1) is 6.92 Å². The number of aromatic hydroxyl groups is 1. The van der Waals surface area contributed by atoms with Crippen LogP contribution in [0.4, 0.5) is 0 Å². The first kappa shape index (κ1) is 17.3. The van der Waals surface area contributed by atoms with Crippen molar-refractivity contribution in [3.8, 4) is 5.75 Å². The SMILES string of the molecule is CC[Si](CC)(CC)C1CCCC1N=Cc1cccc(C)c1O. The number of phenols is 1. The molecule has 1 aliphatic carbocycles. The third-order valence-corrected chi connectivity index (χ3v) is 12.5. The lowest BCUT2D eigenvalue weighted by Crippen LogP contribution is -2.40. The molecule has 0 spiro atoms. The topological polar surface area (TPSA) is 32.6 Å². The van der Waals surface area contributed by atoms with E-state index in [0.29, 0.717) is 11.8 Å². The van der Waals surface area contributed by atoms with Crippen LogP contribution in [0.25, 0.3) is 0 Å². The Morgan fingerprint density at radius 2 is 1.86 bits per heavy atom. The van der Waals surface area contributed by atoms with E-state index in [9.17, 15) is 5.11 Å². The molecule has 22 heavy (non-hydrogen) atoms. The number of nitrogens with zero attached hydrogens (tertiary/aromatic N) is 1. The number of hydrogen-bond donors (Lipinski definition) is 1. The van der Waals surface area contributed by atoms with Gasteiger partial charge in [-0.3, -0.25) is 4.99 Å². The van der Waals surface area contributed by atoms with Gasteiger partial charge in [0.25, 0.3) is 0 Å². The molecule has 1 fully saturated rings. The third-order valence-electron chi connectivity index (χ3n) is 6.05. The molecule has 2 nitrogen and oxygen atoms in total. The van der Waals surface area contributed by atoms with Gasteiger partial charge in [-0.05, 0) is 30.5 Å². The third kappa shape index (κ3) is 3.29. The van der Waals surface area contributed by atoms with E-state index in [1.54, 1.807) is 0 Å². The summed E-state index contributed by atoms with van der Waals surface area (Å²) in [5, 5.41) is 10.2. The maximum Gasteiger partial charge on any atom is 0.127 e. The molecule has 0 heterocycles. The Morgan fingerprint density at radius 3 is 2.50 bits per heavy atom. The number of phenolic OH excluding ortho intramolecular Hbond substituents is 1. The van der Waals surface area contributed by atoms with Gasteiger partial charge in [-0.1, -0.05) is 63.9 Å². The van der Waals surface area contributed by atoms with E-state index < -0.39 is 8.07 Å². The summed E-state index contributed by atoms with van der Waals surface area (Å²) in [6.07, 6.45) is 5.83. The summed E-state index contributed by atoms with van der Waals surface area (Å²) in [6.45, 7) is 9.12. The van der Waals surface area contributed by atoms with Crippen LogP contribution < -0.4 is 0 Å². The molecule has 0 saturated heterocycles. The van der Waals surface area contributed by atoms with E-state index in [0.717, 1.165) is 16.7 Å². The molecule has 2 unspecified atom stereocenters. The molecule has 0 aliphatic heterocycles. The van der Waals surface area contributed by atoms with Crippen molar-refractivity contribution in [2.45, 2.75) is 76.7 Å². The number of para-hydroxylation sites is 1. The Kier molecular flexibility index (Phi) is 5.85. The Balaban J connectivity index is 2.21. The average Bonchev–Trinajstić information content (AvgIpc) is 3.00. The van der Waals surface area contributed by atoms with Crippen molar-refractivity contribution >= 4 is 14.3 Å². The highest BCUT2D eigenvalue weighted by molar-refractivity contribution is 6.81. The first-order valence-corrected chi connectivity index (χ1v) is 11.6.